The highest BCUT2D eigenvalue weighted by Crippen LogP contribution is 2.71. The zero-order valence-corrected chi connectivity index (χ0v) is 9.58. The number of methoxy groups -OCH3 is 1. The Hall–Kier alpha value is 0.410. The minimum absolute atomic E-state index is 0.415. The molecule has 0 radical (unpaired) electrons. The lowest BCUT2D eigenvalue weighted by atomic mass is 10.2. The fourth-order valence-electron chi connectivity index (χ4n) is 1.25. The van der Waals surface area contributed by atoms with Crippen molar-refractivity contribution in [2.45, 2.75) is 27.2 Å². The smallest absolute Gasteiger partial charge is 0.355 e. The Balaban J connectivity index is 3.58. The summed E-state index contributed by atoms with van der Waals surface area (Å²) in [5.41, 5.74) is 0. The van der Waals surface area contributed by atoms with Crippen LogP contribution < -0.4 is 0 Å². The van der Waals surface area contributed by atoms with Crippen molar-refractivity contribution in [1.82, 2.24) is 0 Å². The number of rotatable bonds is 1. The Bertz CT molecular complexity index is 291. The molecule has 1 nitrogen and oxygen atoms in total. The summed E-state index contributed by atoms with van der Waals surface area (Å²) >= 11 is 14.6. The standard InChI is InChI=1S/C6H3Cl3F6O/c1-16-3(9)2(7,8)4(10,11)6(14,15)5(3,12)13/h1H3. The molecule has 0 N–H and O–H groups in total. The summed E-state index contributed by atoms with van der Waals surface area (Å²) in [6.07, 6.45) is 0. The maximum Gasteiger partial charge on any atom is 0.379 e. The first-order valence-corrected chi connectivity index (χ1v) is 4.70. The van der Waals surface area contributed by atoms with Crippen molar-refractivity contribution < 1.29 is 31.1 Å². The lowest BCUT2D eigenvalue weighted by molar-refractivity contribution is -0.287. The summed E-state index contributed by atoms with van der Waals surface area (Å²) in [6.45, 7) is 0. The maximum absolute atomic E-state index is 13.1. The summed E-state index contributed by atoms with van der Waals surface area (Å²) in [5.74, 6) is -16.7. The van der Waals surface area contributed by atoms with Gasteiger partial charge in [0.25, 0.3) is 5.06 Å². The predicted octanol–water partition coefficient (Wildman–Crippen LogP) is 3.66. The van der Waals surface area contributed by atoms with E-state index in [1.807, 2.05) is 0 Å². The number of hydrogen-bond acceptors (Lipinski definition) is 1. The molecule has 1 unspecified atom stereocenters. The molecule has 1 fully saturated rings. The van der Waals surface area contributed by atoms with Crippen LogP contribution in [0, 0.1) is 0 Å². The topological polar surface area (TPSA) is 9.23 Å². The van der Waals surface area contributed by atoms with E-state index in [4.69, 9.17) is 34.8 Å². The molecule has 0 amide bonds. The molecule has 16 heavy (non-hydrogen) atoms. The highest BCUT2D eigenvalue weighted by atomic mass is 35.5. The Morgan fingerprint density at radius 2 is 1.12 bits per heavy atom. The third-order valence-electron chi connectivity index (χ3n) is 2.27. The van der Waals surface area contributed by atoms with Gasteiger partial charge in [-0.15, -0.1) is 0 Å². The molecule has 10 heteroatoms. The van der Waals surface area contributed by atoms with Crippen LogP contribution in [-0.2, 0) is 4.74 Å². The fourth-order valence-corrected chi connectivity index (χ4v) is 2.12. The average molecular weight is 311 g/mol. The molecule has 0 spiro atoms. The van der Waals surface area contributed by atoms with Gasteiger partial charge in [-0.3, -0.25) is 0 Å². The van der Waals surface area contributed by atoms with E-state index in [9.17, 15) is 26.3 Å². The van der Waals surface area contributed by atoms with Crippen LogP contribution in [0.4, 0.5) is 26.3 Å². The third-order valence-corrected chi connectivity index (χ3v) is 4.15. The SMILES string of the molecule is COC1(Cl)C(F)(F)C(F)(F)C(F)(F)C1(Cl)Cl. The van der Waals surface area contributed by atoms with Gasteiger partial charge in [-0.05, 0) is 0 Å². The van der Waals surface area contributed by atoms with Gasteiger partial charge in [-0.25, -0.2) is 0 Å². The van der Waals surface area contributed by atoms with Crippen LogP contribution in [0.15, 0.2) is 0 Å². The quantitative estimate of drug-likeness (QED) is 0.530. The van der Waals surface area contributed by atoms with E-state index in [0.29, 0.717) is 7.11 Å². The lowest BCUT2D eigenvalue weighted by Gasteiger charge is -2.33. The summed E-state index contributed by atoms with van der Waals surface area (Å²) in [6, 6.07) is 0. The highest BCUT2D eigenvalue weighted by molar-refractivity contribution is 6.54. The van der Waals surface area contributed by atoms with Crippen molar-refractivity contribution in [2.24, 2.45) is 0 Å². The van der Waals surface area contributed by atoms with E-state index >= 15 is 0 Å². The molecular weight excluding hydrogens is 308 g/mol. The molecule has 1 atom stereocenters. The molecule has 1 aliphatic rings. The van der Waals surface area contributed by atoms with Crippen molar-refractivity contribution in [3.05, 3.63) is 0 Å². The molecule has 96 valence electrons. The van der Waals surface area contributed by atoms with Crippen molar-refractivity contribution in [1.29, 1.82) is 0 Å². The Labute approximate surface area is 101 Å². The summed E-state index contributed by atoms with van der Waals surface area (Å²) in [5, 5.41) is -3.93. The second-order valence-corrected chi connectivity index (χ2v) is 4.96. The first kappa shape index (κ1) is 14.5. The molecule has 1 saturated carbocycles. The first-order chi connectivity index (χ1) is 6.81. The van der Waals surface area contributed by atoms with Crippen LogP contribution in [-0.4, -0.2) is 34.3 Å². The van der Waals surface area contributed by atoms with Gasteiger partial charge in [0.1, 0.15) is 0 Å². The van der Waals surface area contributed by atoms with Gasteiger partial charge >= 0.3 is 17.8 Å². The van der Waals surface area contributed by atoms with Crippen LogP contribution in [0.3, 0.4) is 0 Å². The molecule has 0 aromatic carbocycles. The minimum atomic E-state index is -5.83. The third kappa shape index (κ3) is 1.11. The summed E-state index contributed by atoms with van der Waals surface area (Å²) < 4.78 is 77.8. The predicted molar refractivity (Wildman–Crippen MR) is 44.9 cm³/mol. The monoisotopic (exact) mass is 310 g/mol. The largest absolute Gasteiger partial charge is 0.379 e. The molecule has 0 bridgehead atoms. The molecule has 0 aromatic heterocycles. The normalized spacial score (nSPS) is 38.6. The Morgan fingerprint density at radius 1 is 0.750 bits per heavy atom. The molecule has 0 saturated heterocycles. The zero-order chi connectivity index (χ0) is 13.2. The number of halogens is 9. The number of ether oxygens (including phenoxy) is 1. The molecule has 1 rings (SSSR count). The van der Waals surface area contributed by atoms with Crippen LogP contribution >= 0.6 is 34.8 Å². The van der Waals surface area contributed by atoms with Crippen molar-refractivity contribution >= 4 is 34.8 Å². The number of alkyl halides is 9. The van der Waals surface area contributed by atoms with Gasteiger partial charge in [0.05, 0.1) is 0 Å². The molecule has 0 aliphatic heterocycles. The van der Waals surface area contributed by atoms with Crippen LogP contribution in [0.5, 0.6) is 0 Å². The molecular formula is C6H3Cl3F6O. The van der Waals surface area contributed by atoms with Gasteiger partial charge in [0.2, 0.25) is 4.33 Å². The van der Waals surface area contributed by atoms with E-state index in [2.05, 4.69) is 4.74 Å². The number of hydrogen-bond donors (Lipinski definition) is 0. The van der Waals surface area contributed by atoms with Gasteiger partial charge in [-0.2, -0.15) is 26.3 Å². The second kappa shape index (κ2) is 3.24. The molecule has 0 heterocycles. The van der Waals surface area contributed by atoms with Crippen LogP contribution in [0.1, 0.15) is 0 Å². The molecule has 1 aliphatic carbocycles. The van der Waals surface area contributed by atoms with Crippen LogP contribution in [0.2, 0.25) is 0 Å². The van der Waals surface area contributed by atoms with Crippen molar-refractivity contribution in [2.75, 3.05) is 7.11 Å². The van der Waals surface area contributed by atoms with Crippen LogP contribution in [0.25, 0.3) is 0 Å². The lowest BCUT2D eigenvalue weighted by Crippen LogP contribution is -2.54. The Morgan fingerprint density at radius 3 is 1.25 bits per heavy atom. The van der Waals surface area contributed by atoms with Crippen molar-refractivity contribution in [3.63, 3.8) is 0 Å². The van der Waals surface area contributed by atoms with Gasteiger partial charge in [0.15, 0.2) is 0 Å². The minimum Gasteiger partial charge on any atom is -0.355 e. The van der Waals surface area contributed by atoms with E-state index in [-0.39, 0.29) is 0 Å². The average Bonchev–Trinajstić information content (AvgIpc) is 2.18. The van der Waals surface area contributed by atoms with Crippen molar-refractivity contribution in [3.8, 4) is 0 Å². The first-order valence-electron chi connectivity index (χ1n) is 3.56. The van der Waals surface area contributed by atoms with Gasteiger partial charge in [0, 0.05) is 7.11 Å². The second-order valence-electron chi connectivity index (χ2n) is 3.10. The summed E-state index contributed by atoms with van der Waals surface area (Å²) in [7, 11) is 0.415. The van der Waals surface area contributed by atoms with Gasteiger partial charge < -0.3 is 4.74 Å². The zero-order valence-electron chi connectivity index (χ0n) is 7.31. The molecule has 0 aromatic rings. The van der Waals surface area contributed by atoms with E-state index in [1.54, 1.807) is 0 Å². The maximum atomic E-state index is 13.1. The Kier molecular flexibility index (Phi) is 2.93. The highest BCUT2D eigenvalue weighted by Gasteiger charge is 2.97. The van der Waals surface area contributed by atoms with E-state index < -0.39 is 27.2 Å². The summed E-state index contributed by atoms with van der Waals surface area (Å²) in [4.78, 5) is 0. The van der Waals surface area contributed by atoms with E-state index in [0.717, 1.165) is 0 Å². The van der Waals surface area contributed by atoms with Gasteiger partial charge in [-0.1, -0.05) is 34.8 Å². The van der Waals surface area contributed by atoms with E-state index in [1.165, 1.54) is 0 Å². The fraction of sp³-hybridized carbons (Fsp3) is 1.00.